The highest BCUT2D eigenvalue weighted by molar-refractivity contribution is 5.91. The number of nitriles is 1. The molecule has 2 aromatic carbocycles. The molecule has 0 saturated heterocycles. The fraction of sp³-hybridized carbons (Fsp3) is 0.238. The van der Waals surface area contributed by atoms with Gasteiger partial charge < -0.3 is 9.47 Å². The van der Waals surface area contributed by atoms with Gasteiger partial charge in [0, 0.05) is 0 Å². The third kappa shape index (κ3) is 3.89. The summed E-state index contributed by atoms with van der Waals surface area (Å²) in [6.07, 6.45) is 1.69. The maximum absolute atomic E-state index is 12.0. The number of nitrogens with zero attached hydrogens (tertiary/aromatic N) is 4. The van der Waals surface area contributed by atoms with Crippen LogP contribution < -0.4 is 14.8 Å². The first-order valence-corrected chi connectivity index (χ1v) is 9.26. The number of nitrogens with one attached hydrogen (secondary N) is 1. The Balaban J connectivity index is 1.57. The lowest BCUT2D eigenvalue weighted by Crippen LogP contribution is -2.29. The second-order valence-corrected chi connectivity index (χ2v) is 6.53. The van der Waals surface area contributed by atoms with Crippen molar-refractivity contribution in [3.8, 4) is 17.6 Å². The second-order valence-electron chi connectivity index (χ2n) is 6.53. The van der Waals surface area contributed by atoms with Gasteiger partial charge >= 0.3 is 0 Å². The van der Waals surface area contributed by atoms with Crippen LogP contribution in [0.4, 0.5) is 5.95 Å². The molecule has 29 heavy (non-hydrogen) atoms. The predicted octanol–water partition coefficient (Wildman–Crippen LogP) is 3.06. The number of carbonyl (C=O) groups is 1. The maximum Gasteiger partial charge on any atom is 0.229 e. The van der Waals surface area contributed by atoms with Crippen LogP contribution in [0.15, 0.2) is 48.8 Å². The zero-order valence-corrected chi connectivity index (χ0v) is 15.8. The summed E-state index contributed by atoms with van der Waals surface area (Å²) in [5, 5.41) is 15.8. The smallest absolute Gasteiger partial charge is 0.229 e. The van der Waals surface area contributed by atoms with Gasteiger partial charge in [0.1, 0.15) is 12.9 Å². The lowest BCUT2D eigenvalue weighted by molar-refractivity contribution is -0.117. The van der Waals surface area contributed by atoms with Crippen molar-refractivity contribution in [3.05, 3.63) is 65.5 Å². The van der Waals surface area contributed by atoms with Crippen molar-refractivity contribution in [2.45, 2.75) is 26.0 Å². The lowest BCUT2D eigenvalue weighted by atomic mass is 10.0. The number of ether oxygens (including phenoxy) is 2. The summed E-state index contributed by atoms with van der Waals surface area (Å²) in [6.45, 7) is 2.74. The number of hydrogen-bond acceptors (Lipinski definition) is 6. The molecule has 1 aliphatic heterocycles. The first-order chi connectivity index (χ1) is 14.2. The van der Waals surface area contributed by atoms with Crippen LogP contribution in [0.25, 0.3) is 0 Å². The largest absolute Gasteiger partial charge is 0.490 e. The van der Waals surface area contributed by atoms with E-state index >= 15 is 0 Å². The van der Waals surface area contributed by atoms with Crippen molar-refractivity contribution in [2.24, 2.45) is 0 Å². The Bertz CT molecular complexity index is 1070. The first-order valence-electron chi connectivity index (χ1n) is 9.26. The van der Waals surface area contributed by atoms with Gasteiger partial charge in [-0.3, -0.25) is 10.1 Å². The number of amides is 1. The summed E-state index contributed by atoms with van der Waals surface area (Å²) in [5.74, 6) is 1.55. The van der Waals surface area contributed by atoms with E-state index in [-0.39, 0.29) is 18.4 Å². The molecule has 1 N–H and O–H groups in total. The molecule has 1 aliphatic rings. The third-order valence-corrected chi connectivity index (χ3v) is 4.63. The highest BCUT2D eigenvalue weighted by atomic mass is 16.5. The molecular formula is C21H19N5O3. The Morgan fingerprint density at radius 2 is 2.03 bits per heavy atom. The quantitative estimate of drug-likeness (QED) is 0.695. The summed E-state index contributed by atoms with van der Waals surface area (Å²) < 4.78 is 13.4. The molecule has 0 spiro atoms. The Hall–Kier alpha value is -3.86. The molecule has 0 bridgehead atoms. The van der Waals surface area contributed by atoms with Gasteiger partial charge in [-0.15, -0.1) is 0 Å². The summed E-state index contributed by atoms with van der Waals surface area (Å²) in [6, 6.07) is 14.7. The molecule has 0 aliphatic carbocycles. The summed E-state index contributed by atoms with van der Waals surface area (Å²) in [7, 11) is 0. The fourth-order valence-electron chi connectivity index (χ4n) is 3.22. The number of fused-ring (bicyclic) bond motifs is 1. The summed E-state index contributed by atoms with van der Waals surface area (Å²) in [5.41, 5.74) is 2.45. The van der Waals surface area contributed by atoms with Crippen LogP contribution in [-0.4, -0.2) is 27.3 Å². The van der Waals surface area contributed by atoms with Crippen molar-refractivity contribution in [2.75, 3.05) is 11.9 Å². The molecule has 3 aromatic rings. The zero-order valence-electron chi connectivity index (χ0n) is 15.8. The minimum atomic E-state index is -0.256. The van der Waals surface area contributed by atoms with Crippen LogP contribution in [0.5, 0.6) is 11.5 Å². The van der Waals surface area contributed by atoms with E-state index in [2.05, 4.69) is 21.5 Å². The van der Waals surface area contributed by atoms with Crippen molar-refractivity contribution in [1.29, 1.82) is 5.26 Å². The van der Waals surface area contributed by atoms with E-state index in [4.69, 9.17) is 14.7 Å². The standard InChI is InChI=1S/C21H19N5O3/c1-2-28-19-9-16(17-10-20(27)25-21-23-13-24-26(17)21)7-8-18(19)29-12-15-5-3-14(11-22)4-6-15/h3-9,13,17H,2,10,12H2,1H3,(H,23,24,25,27)/t17-/m0/s1. The molecule has 8 nitrogen and oxygen atoms in total. The van der Waals surface area contributed by atoms with E-state index in [9.17, 15) is 4.79 Å². The highest BCUT2D eigenvalue weighted by Crippen LogP contribution is 2.35. The topological polar surface area (TPSA) is 102 Å². The Morgan fingerprint density at radius 1 is 1.21 bits per heavy atom. The van der Waals surface area contributed by atoms with Crippen LogP contribution in [0.3, 0.4) is 0 Å². The number of aromatic nitrogens is 3. The zero-order chi connectivity index (χ0) is 20.2. The van der Waals surface area contributed by atoms with Gasteiger partial charge in [0.2, 0.25) is 11.9 Å². The molecule has 1 aromatic heterocycles. The van der Waals surface area contributed by atoms with Crippen molar-refractivity contribution < 1.29 is 14.3 Å². The van der Waals surface area contributed by atoms with Gasteiger partial charge in [0.15, 0.2) is 11.5 Å². The first kappa shape index (κ1) is 18.5. The fourth-order valence-corrected chi connectivity index (χ4v) is 3.22. The molecular weight excluding hydrogens is 370 g/mol. The van der Waals surface area contributed by atoms with Crippen LogP contribution in [0.1, 0.15) is 36.1 Å². The Kier molecular flexibility index (Phi) is 5.12. The summed E-state index contributed by atoms with van der Waals surface area (Å²) in [4.78, 5) is 16.1. The number of benzene rings is 2. The number of anilines is 1. The molecule has 146 valence electrons. The van der Waals surface area contributed by atoms with Gasteiger partial charge in [0.25, 0.3) is 0 Å². The Labute approximate surface area is 167 Å². The average molecular weight is 389 g/mol. The van der Waals surface area contributed by atoms with Crippen molar-refractivity contribution >= 4 is 11.9 Å². The minimum absolute atomic E-state index is 0.102. The van der Waals surface area contributed by atoms with Gasteiger partial charge in [-0.05, 0) is 42.3 Å². The number of hydrogen-bond donors (Lipinski definition) is 1. The van der Waals surface area contributed by atoms with E-state index in [0.717, 1.165) is 11.1 Å². The molecule has 0 fully saturated rings. The van der Waals surface area contributed by atoms with E-state index in [1.54, 1.807) is 16.8 Å². The van der Waals surface area contributed by atoms with E-state index in [0.29, 0.717) is 36.2 Å². The molecule has 0 radical (unpaired) electrons. The van der Waals surface area contributed by atoms with E-state index in [1.807, 2.05) is 37.3 Å². The van der Waals surface area contributed by atoms with E-state index < -0.39 is 0 Å². The van der Waals surface area contributed by atoms with Gasteiger partial charge in [0.05, 0.1) is 30.7 Å². The molecule has 4 rings (SSSR count). The predicted molar refractivity (Wildman–Crippen MR) is 105 cm³/mol. The number of rotatable bonds is 6. The number of carbonyl (C=O) groups excluding carboxylic acids is 1. The molecule has 8 heteroatoms. The van der Waals surface area contributed by atoms with Gasteiger partial charge in [-0.2, -0.15) is 15.3 Å². The second kappa shape index (κ2) is 8.02. The molecule has 2 heterocycles. The maximum atomic E-state index is 12.0. The third-order valence-electron chi connectivity index (χ3n) is 4.63. The lowest BCUT2D eigenvalue weighted by Gasteiger charge is -2.24. The molecule has 0 unspecified atom stereocenters. The van der Waals surface area contributed by atoms with Crippen LogP contribution in [0.2, 0.25) is 0 Å². The van der Waals surface area contributed by atoms with Crippen LogP contribution in [0, 0.1) is 11.3 Å². The monoisotopic (exact) mass is 389 g/mol. The van der Waals surface area contributed by atoms with Crippen LogP contribution in [-0.2, 0) is 11.4 Å². The Morgan fingerprint density at radius 3 is 2.79 bits per heavy atom. The summed E-state index contributed by atoms with van der Waals surface area (Å²) >= 11 is 0. The van der Waals surface area contributed by atoms with E-state index in [1.165, 1.54) is 6.33 Å². The van der Waals surface area contributed by atoms with Gasteiger partial charge in [-0.25, -0.2) is 4.68 Å². The van der Waals surface area contributed by atoms with Crippen molar-refractivity contribution in [3.63, 3.8) is 0 Å². The molecule has 1 atom stereocenters. The molecule has 1 amide bonds. The van der Waals surface area contributed by atoms with Gasteiger partial charge in [-0.1, -0.05) is 18.2 Å². The average Bonchev–Trinajstić information content (AvgIpc) is 3.21. The van der Waals surface area contributed by atoms with Crippen molar-refractivity contribution in [1.82, 2.24) is 14.8 Å². The minimum Gasteiger partial charge on any atom is -0.490 e. The highest BCUT2D eigenvalue weighted by Gasteiger charge is 2.28. The van der Waals surface area contributed by atoms with Crippen LogP contribution >= 0.6 is 0 Å². The normalized spacial score (nSPS) is 15.2. The SMILES string of the molecule is CCOc1cc([C@@H]2CC(=O)Nc3ncnn32)ccc1OCc1ccc(C#N)cc1. The molecule has 0 saturated carbocycles.